The van der Waals surface area contributed by atoms with Gasteiger partial charge in [0.15, 0.2) is 0 Å². The number of benzene rings is 1. The van der Waals surface area contributed by atoms with Crippen LogP contribution < -0.4 is 4.74 Å². The van der Waals surface area contributed by atoms with Gasteiger partial charge in [-0.1, -0.05) is 4.49 Å². The minimum absolute atomic E-state index is 0.271. The maximum atomic E-state index is 13.5. The molecule has 0 amide bonds. The van der Waals surface area contributed by atoms with E-state index in [0.717, 1.165) is 10.6 Å². The Morgan fingerprint density at radius 2 is 2.27 bits per heavy atom. The van der Waals surface area contributed by atoms with Crippen LogP contribution in [0.15, 0.2) is 18.2 Å². The van der Waals surface area contributed by atoms with Crippen molar-refractivity contribution in [2.45, 2.75) is 19.5 Å². The van der Waals surface area contributed by atoms with Crippen LogP contribution in [0.25, 0.3) is 0 Å². The van der Waals surface area contributed by atoms with Gasteiger partial charge in [-0.2, -0.15) is 0 Å². The first-order chi connectivity index (χ1) is 10.4. The number of halogens is 1. The minimum Gasteiger partial charge on any atom is -0.496 e. The second-order valence-corrected chi connectivity index (χ2v) is 5.66. The Balaban J connectivity index is 2.36. The molecule has 1 heterocycles. The zero-order valence-corrected chi connectivity index (χ0v) is 13.2. The highest BCUT2D eigenvalue weighted by atomic mass is 32.1. The quantitative estimate of drug-likeness (QED) is 0.878. The van der Waals surface area contributed by atoms with Crippen LogP contribution in [-0.4, -0.2) is 39.7 Å². The van der Waals surface area contributed by atoms with Gasteiger partial charge in [-0.15, -0.1) is 5.10 Å². The number of aromatic nitrogens is 2. The van der Waals surface area contributed by atoms with E-state index >= 15 is 0 Å². The largest absolute Gasteiger partial charge is 0.496 e. The van der Waals surface area contributed by atoms with Crippen molar-refractivity contribution in [3.05, 3.63) is 40.2 Å². The predicted octanol–water partition coefficient (Wildman–Crippen LogP) is 2.25. The number of nitrogens with zero attached hydrogens (tertiary/aromatic N) is 3. The second-order valence-electron chi connectivity index (χ2n) is 4.82. The molecule has 0 saturated heterocycles. The number of hydrogen-bond donors (Lipinski definition) is 1. The number of carboxylic acids is 1. The highest BCUT2D eigenvalue weighted by molar-refractivity contribution is 7.05. The number of carbonyl (C=O) groups is 1. The molecule has 0 radical (unpaired) electrons. The van der Waals surface area contributed by atoms with E-state index in [2.05, 4.69) is 9.59 Å². The third-order valence-corrected chi connectivity index (χ3v) is 4.11. The van der Waals surface area contributed by atoms with E-state index in [1.54, 1.807) is 11.9 Å². The molecule has 0 fully saturated rings. The van der Waals surface area contributed by atoms with Gasteiger partial charge in [0.1, 0.15) is 17.6 Å². The summed E-state index contributed by atoms with van der Waals surface area (Å²) in [7, 11) is 3.08. The van der Waals surface area contributed by atoms with Crippen LogP contribution in [0, 0.1) is 12.7 Å². The fourth-order valence-corrected chi connectivity index (χ4v) is 2.89. The first-order valence-electron chi connectivity index (χ1n) is 6.48. The molecule has 22 heavy (non-hydrogen) atoms. The highest BCUT2D eigenvalue weighted by Crippen LogP contribution is 2.31. The number of aryl methyl sites for hydroxylation is 1. The molecule has 2 rings (SSSR count). The fraction of sp³-hybridized carbons (Fsp3) is 0.357. The summed E-state index contributed by atoms with van der Waals surface area (Å²) in [5.74, 6) is -1.26. The van der Waals surface area contributed by atoms with E-state index in [4.69, 9.17) is 4.74 Å². The van der Waals surface area contributed by atoms with Gasteiger partial charge >= 0.3 is 5.97 Å². The standard InChI is InChI=1S/C14H16FN3O3S/c1-8-12(22-17-16-8)7-18(2)13(14(19)20)10-6-9(15)4-5-11(10)21-3/h4-6,13H,7H2,1-3H3,(H,19,20)/t13-/m0/s1. The summed E-state index contributed by atoms with van der Waals surface area (Å²) in [6.07, 6.45) is 0. The Bertz CT molecular complexity index is 677. The zero-order chi connectivity index (χ0) is 16.3. The van der Waals surface area contributed by atoms with Gasteiger partial charge in [0.2, 0.25) is 0 Å². The Hall–Kier alpha value is -2.06. The monoisotopic (exact) mass is 325 g/mol. The summed E-state index contributed by atoms with van der Waals surface area (Å²) >= 11 is 1.21. The van der Waals surface area contributed by atoms with E-state index in [-0.39, 0.29) is 5.56 Å². The third kappa shape index (κ3) is 3.40. The van der Waals surface area contributed by atoms with Crippen molar-refractivity contribution in [1.29, 1.82) is 0 Å². The smallest absolute Gasteiger partial charge is 0.325 e. The number of carboxylic acid groups (broad SMARTS) is 1. The number of methoxy groups -OCH3 is 1. The molecule has 0 unspecified atom stereocenters. The molecule has 8 heteroatoms. The number of aliphatic carboxylic acids is 1. The molecular weight excluding hydrogens is 309 g/mol. The highest BCUT2D eigenvalue weighted by Gasteiger charge is 2.29. The summed E-state index contributed by atoms with van der Waals surface area (Å²) in [6.45, 7) is 2.16. The van der Waals surface area contributed by atoms with Crippen LogP contribution in [0.5, 0.6) is 5.75 Å². The van der Waals surface area contributed by atoms with Crippen LogP contribution in [-0.2, 0) is 11.3 Å². The van der Waals surface area contributed by atoms with E-state index in [9.17, 15) is 14.3 Å². The summed E-state index contributed by atoms with van der Waals surface area (Å²) < 4.78 is 22.5. The Morgan fingerprint density at radius 1 is 1.55 bits per heavy atom. The Morgan fingerprint density at radius 3 is 2.82 bits per heavy atom. The molecule has 0 bridgehead atoms. The van der Waals surface area contributed by atoms with Crippen molar-refractivity contribution >= 4 is 17.5 Å². The maximum absolute atomic E-state index is 13.5. The topological polar surface area (TPSA) is 75.6 Å². The van der Waals surface area contributed by atoms with E-state index in [1.807, 2.05) is 6.92 Å². The van der Waals surface area contributed by atoms with E-state index < -0.39 is 17.8 Å². The molecule has 118 valence electrons. The van der Waals surface area contributed by atoms with Crippen LogP contribution in [0.1, 0.15) is 22.2 Å². The van der Waals surface area contributed by atoms with Gasteiger partial charge in [0.25, 0.3) is 0 Å². The molecule has 1 aromatic carbocycles. The molecule has 0 spiro atoms. The molecule has 0 saturated carbocycles. The zero-order valence-electron chi connectivity index (χ0n) is 12.4. The molecule has 1 atom stereocenters. The maximum Gasteiger partial charge on any atom is 0.325 e. The van der Waals surface area contributed by atoms with Crippen molar-refractivity contribution in [2.75, 3.05) is 14.2 Å². The molecule has 0 aliphatic heterocycles. The number of hydrogen-bond acceptors (Lipinski definition) is 6. The van der Waals surface area contributed by atoms with Crippen molar-refractivity contribution in [1.82, 2.24) is 14.5 Å². The van der Waals surface area contributed by atoms with Crippen LogP contribution in [0.4, 0.5) is 4.39 Å². The summed E-state index contributed by atoms with van der Waals surface area (Å²) in [5, 5.41) is 13.5. The minimum atomic E-state index is -1.08. The molecule has 1 aromatic heterocycles. The van der Waals surface area contributed by atoms with E-state index in [0.29, 0.717) is 12.3 Å². The summed E-state index contributed by atoms with van der Waals surface area (Å²) in [5.41, 5.74) is 1.03. The van der Waals surface area contributed by atoms with E-state index in [1.165, 1.54) is 36.8 Å². The average molecular weight is 325 g/mol. The van der Waals surface area contributed by atoms with Crippen LogP contribution >= 0.6 is 11.5 Å². The SMILES string of the molecule is COc1ccc(F)cc1[C@@H](C(=O)O)N(C)Cc1snnc1C. The average Bonchev–Trinajstić information content (AvgIpc) is 2.84. The number of rotatable bonds is 6. The lowest BCUT2D eigenvalue weighted by atomic mass is 10.0. The van der Waals surface area contributed by atoms with Crippen molar-refractivity contribution in [2.24, 2.45) is 0 Å². The fourth-order valence-electron chi connectivity index (χ4n) is 2.19. The third-order valence-electron chi connectivity index (χ3n) is 3.30. The molecule has 1 N–H and O–H groups in total. The van der Waals surface area contributed by atoms with Crippen LogP contribution in [0.2, 0.25) is 0 Å². The van der Waals surface area contributed by atoms with Crippen LogP contribution in [0.3, 0.4) is 0 Å². The predicted molar refractivity (Wildman–Crippen MR) is 79.4 cm³/mol. The van der Waals surface area contributed by atoms with Crippen molar-refractivity contribution in [3.8, 4) is 5.75 Å². The molecule has 6 nitrogen and oxygen atoms in total. The lowest BCUT2D eigenvalue weighted by Crippen LogP contribution is -2.31. The van der Waals surface area contributed by atoms with Crippen molar-refractivity contribution in [3.63, 3.8) is 0 Å². The molecular formula is C14H16FN3O3S. The molecule has 0 aliphatic rings. The van der Waals surface area contributed by atoms with Gasteiger partial charge in [0.05, 0.1) is 17.7 Å². The molecule has 0 aliphatic carbocycles. The van der Waals surface area contributed by atoms with Crippen molar-refractivity contribution < 1.29 is 19.0 Å². The Kier molecular flexibility index (Phi) is 5.04. The number of likely N-dealkylation sites (N-methyl/N-ethyl adjacent to an activating group) is 1. The number of ether oxygens (including phenoxy) is 1. The Labute approximate surface area is 131 Å². The van der Waals surface area contributed by atoms with Gasteiger partial charge in [-0.05, 0) is 43.7 Å². The lowest BCUT2D eigenvalue weighted by Gasteiger charge is -2.25. The summed E-state index contributed by atoms with van der Waals surface area (Å²) in [4.78, 5) is 14.2. The summed E-state index contributed by atoms with van der Waals surface area (Å²) in [6, 6.07) is 2.81. The first kappa shape index (κ1) is 16.3. The first-order valence-corrected chi connectivity index (χ1v) is 7.25. The van der Waals surface area contributed by atoms with Gasteiger partial charge in [-0.25, -0.2) is 4.39 Å². The molecule has 2 aromatic rings. The lowest BCUT2D eigenvalue weighted by molar-refractivity contribution is -0.143. The second kappa shape index (κ2) is 6.80. The van der Waals surface area contributed by atoms with Gasteiger partial charge in [-0.3, -0.25) is 9.69 Å². The van der Waals surface area contributed by atoms with Gasteiger partial charge in [0, 0.05) is 12.1 Å². The normalized spacial score (nSPS) is 12.4. The van der Waals surface area contributed by atoms with Gasteiger partial charge < -0.3 is 9.84 Å².